The number of hydrogen-bond acceptors (Lipinski definition) is 4. The maximum absolute atomic E-state index is 12.1. The minimum absolute atomic E-state index is 0.0654. The number of carbonyl (C=O) groups is 1. The Morgan fingerprint density at radius 3 is 3.25 bits per heavy atom. The molecule has 0 aliphatic carbocycles. The third-order valence-corrected chi connectivity index (χ3v) is 2.62. The van der Waals surface area contributed by atoms with Crippen molar-refractivity contribution >= 4 is 11.6 Å². The van der Waals surface area contributed by atoms with Crippen LogP contribution < -0.4 is 5.73 Å². The van der Waals surface area contributed by atoms with Gasteiger partial charge in [0.1, 0.15) is 5.69 Å². The van der Waals surface area contributed by atoms with Crippen LogP contribution in [0.3, 0.4) is 0 Å². The molecule has 0 spiro atoms. The maximum Gasteiger partial charge on any atom is 0.274 e. The predicted molar refractivity (Wildman–Crippen MR) is 58.9 cm³/mol. The molecule has 1 atom stereocenters. The van der Waals surface area contributed by atoms with E-state index in [2.05, 4.69) is 10.2 Å². The van der Waals surface area contributed by atoms with Crippen molar-refractivity contribution in [3.05, 3.63) is 11.9 Å². The molecule has 0 aromatic carbocycles. The third-order valence-electron chi connectivity index (χ3n) is 2.62. The Balaban J connectivity index is 2.12. The third kappa shape index (κ3) is 2.16. The summed E-state index contributed by atoms with van der Waals surface area (Å²) < 4.78 is 5.48. The van der Waals surface area contributed by atoms with Gasteiger partial charge in [0.2, 0.25) is 0 Å². The van der Waals surface area contributed by atoms with E-state index in [1.165, 1.54) is 6.20 Å². The summed E-state index contributed by atoms with van der Waals surface area (Å²) in [6, 6.07) is 0. The molecule has 0 radical (unpaired) electrons. The largest absolute Gasteiger partial charge is 0.396 e. The van der Waals surface area contributed by atoms with Gasteiger partial charge in [0.15, 0.2) is 0 Å². The molecular weight excluding hydrogens is 208 g/mol. The minimum Gasteiger partial charge on any atom is -0.396 e. The Labute approximate surface area is 93.8 Å². The first-order chi connectivity index (χ1) is 7.68. The molecule has 0 saturated carbocycles. The molecule has 3 N–H and O–H groups in total. The van der Waals surface area contributed by atoms with Gasteiger partial charge in [-0.25, -0.2) is 0 Å². The molecule has 0 bridgehead atoms. The predicted octanol–water partition coefficient (Wildman–Crippen LogP) is 0.243. The first kappa shape index (κ1) is 10.9. The molecule has 1 aromatic heterocycles. The highest BCUT2D eigenvalue weighted by Crippen LogP contribution is 2.13. The van der Waals surface area contributed by atoms with Gasteiger partial charge < -0.3 is 15.4 Å². The quantitative estimate of drug-likeness (QED) is 0.715. The first-order valence-corrected chi connectivity index (χ1v) is 5.38. The number of nitrogen functional groups attached to an aromatic ring is 1. The molecule has 2 heterocycles. The molecule has 16 heavy (non-hydrogen) atoms. The van der Waals surface area contributed by atoms with Crippen molar-refractivity contribution in [2.24, 2.45) is 0 Å². The van der Waals surface area contributed by atoms with E-state index in [1.807, 2.05) is 6.92 Å². The summed E-state index contributed by atoms with van der Waals surface area (Å²) in [6.07, 6.45) is 2.37. The monoisotopic (exact) mass is 224 g/mol. The summed E-state index contributed by atoms with van der Waals surface area (Å²) in [6.45, 7) is 3.95. The minimum atomic E-state index is -0.104. The van der Waals surface area contributed by atoms with Gasteiger partial charge in [-0.3, -0.25) is 9.89 Å². The molecule has 1 aliphatic rings. The van der Waals surface area contributed by atoms with Crippen LogP contribution in [0.1, 0.15) is 23.8 Å². The molecule has 0 unspecified atom stereocenters. The average molecular weight is 224 g/mol. The van der Waals surface area contributed by atoms with E-state index in [9.17, 15) is 4.79 Å². The van der Waals surface area contributed by atoms with Gasteiger partial charge in [0.25, 0.3) is 5.91 Å². The van der Waals surface area contributed by atoms with Crippen molar-refractivity contribution in [3.63, 3.8) is 0 Å². The SMILES string of the molecule is C[C@@H]1CN(C(=O)c2[nH]ncc2N)CCCO1. The molecule has 6 nitrogen and oxygen atoms in total. The van der Waals surface area contributed by atoms with Crippen molar-refractivity contribution < 1.29 is 9.53 Å². The Morgan fingerprint density at radius 1 is 1.75 bits per heavy atom. The molecule has 88 valence electrons. The maximum atomic E-state index is 12.1. The van der Waals surface area contributed by atoms with E-state index in [0.717, 1.165) is 6.42 Å². The molecule has 1 aliphatic heterocycles. The summed E-state index contributed by atoms with van der Waals surface area (Å²) in [5, 5.41) is 6.38. The van der Waals surface area contributed by atoms with Crippen LogP contribution in [0.4, 0.5) is 5.69 Å². The van der Waals surface area contributed by atoms with Crippen LogP contribution in [0.5, 0.6) is 0 Å². The van der Waals surface area contributed by atoms with E-state index in [0.29, 0.717) is 31.1 Å². The zero-order chi connectivity index (χ0) is 11.5. The number of nitrogens with one attached hydrogen (secondary N) is 1. The van der Waals surface area contributed by atoms with Crippen LogP contribution in [-0.2, 0) is 4.74 Å². The highest BCUT2D eigenvalue weighted by molar-refractivity contribution is 5.97. The van der Waals surface area contributed by atoms with Gasteiger partial charge in [-0.1, -0.05) is 0 Å². The zero-order valence-corrected chi connectivity index (χ0v) is 9.27. The topological polar surface area (TPSA) is 84.2 Å². The number of hydrogen-bond donors (Lipinski definition) is 2. The van der Waals surface area contributed by atoms with Crippen LogP contribution in [0.15, 0.2) is 6.20 Å². The summed E-state index contributed by atoms with van der Waals surface area (Å²) >= 11 is 0. The van der Waals surface area contributed by atoms with Gasteiger partial charge in [0, 0.05) is 19.7 Å². The smallest absolute Gasteiger partial charge is 0.274 e. The summed E-state index contributed by atoms with van der Waals surface area (Å²) in [5.74, 6) is -0.104. The second-order valence-electron chi connectivity index (χ2n) is 3.99. The van der Waals surface area contributed by atoms with Crippen molar-refractivity contribution in [1.82, 2.24) is 15.1 Å². The van der Waals surface area contributed by atoms with Gasteiger partial charge in [-0.15, -0.1) is 0 Å². The Hall–Kier alpha value is -1.56. The highest BCUT2D eigenvalue weighted by atomic mass is 16.5. The number of aromatic nitrogens is 2. The van der Waals surface area contributed by atoms with E-state index in [4.69, 9.17) is 10.5 Å². The molecule has 1 saturated heterocycles. The van der Waals surface area contributed by atoms with Crippen molar-refractivity contribution in [3.8, 4) is 0 Å². The van der Waals surface area contributed by atoms with Gasteiger partial charge in [-0.05, 0) is 13.3 Å². The molecule has 6 heteroatoms. The molecule has 1 amide bonds. The molecule has 2 rings (SSSR count). The fourth-order valence-corrected chi connectivity index (χ4v) is 1.80. The second-order valence-corrected chi connectivity index (χ2v) is 3.99. The van der Waals surface area contributed by atoms with E-state index in [1.54, 1.807) is 4.90 Å². The zero-order valence-electron chi connectivity index (χ0n) is 9.27. The van der Waals surface area contributed by atoms with Crippen LogP contribution in [-0.4, -0.2) is 46.8 Å². The summed E-state index contributed by atoms with van der Waals surface area (Å²) in [5.41, 5.74) is 6.41. The number of amides is 1. The van der Waals surface area contributed by atoms with E-state index < -0.39 is 0 Å². The van der Waals surface area contributed by atoms with Crippen molar-refractivity contribution in [2.45, 2.75) is 19.4 Å². The lowest BCUT2D eigenvalue weighted by Gasteiger charge is -2.21. The van der Waals surface area contributed by atoms with Crippen LogP contribution in [0.25, 0.3) is 0 Å². The van der Waals surface area contributed by atoms with Crippen LogP contribution in [0.2, 0.25) is 0 Å². The second kappa shape index (κ2) is 4.52. The standard InChI is InChI=1S/C10H16N4O2/c1-7-6-14(3-2-4-16-7)10(15)9-8(11)5-12-13-9/h5,7H,2-4,6,11H2,1H3,(H,12,13)/t7-/m1/s1. The molecular formula is C10H16N4O2. The number of nitrogens with zero attached hydrogens (tertiary/aromatic N) is 2. The van der Waals surface area contributed by atoms with Gasteiger partial charge in [-0.2, -0.15) is 5.10 Å². The number of aromatic amines is 1. The lowest BCUT2D eigenvalue weighted by atomic mass is 10.3. The van der Waals surface area contributed by atoms with Crippen molar-refractivity contribution in [2.75, 3.05) is 25.4 Å². The highest BCUT2D eigenvalue weighted by Gasteiger charge is 2.23. The van der Waals surface area contributed by atoms with E-state index in [-0.39, 0.29) is 12.0 Å². The summed E-state index contributed by atoms with van der Waals surface area (Å²) in [7, 11) is 0. The first-order valence-electron chi connectivity index (χ1n) is 5.38. The van der Waals surface area contributed by atoms with Crippen LogP contribution in [0, 0.1) is 0 Å². The molecule has 1 fully saturated rings. The van der Waals surface area contributed by atoms with Gasteiger partial charge >= 0.3 is 0 Å². The summed E-state index contributed by atoms with van der Waals surface area (Å²) in [4.78, 5) is 13.9. The fraction of sp³-hybridized carbons (Fsp3) is 0.600. The van der Waals surface area contributed by atoms with Gasteiger partial charge in [0.05, 0.1) is 18.0 Å². The number of anilines is 1. The lowest BCUT2D eigenvalue weighted by Crippen LogP contribution is -2.36. The number of H-pyrrole nitrogens is 1. The Kier molecular flexibility index (Phi) is 3.09. The van der Waals surface area contributed by atoms with E-state index >= 15 is 0 Å². The number of nitrogens with two attached hydrogens (primary N) is 1. The number of carbonyl (C=O) groups excluding carboxylic acids is 1. The Bertz CT molecular complexity index is 377. The average Bonchev–Trinajstić information content (AvgIpc) is 2.55. The normalized spacial score (nSPS) is 21.8. The molecule has 1 aromatic rings. The lowest BCUT2D eigenvalue weighted by molar-refractivity contribution is 0.0560. The Morgan fingerprint density at radius 2 is 2.56 bits per heavy atom. The number of rotatable bonds is 1. The van der Waals surface area contributed by atoms with Crippen LogP contribution >= 0.6 is 0 Å². The fourth-order valence-electron chi connectivity index (χ4n) is 1.80. The number of ether oxygens (including phenoxy) is 1. The van der Waals surface area contributed by atoms with Crippen molar-refractivity contribution in [1.29, 1.82) is 0 Å².